The average Bonchev–Trinajstić information content (AvgIpc) is 3.42. The number of anilines is 3. The van der Waals surface area contributed by atoms with Crippen LogP contribution in [0.5, 0.6) is 0 Å². The molecule has 7 heteroatoms. The minimum absolute atomic E-state index is 0.264. The van der Waals surface area contributed by atoms with Crippen molar-refractivity contribution in [1.82, 2.24) is 14.4 Å². The molecule has 0 bridgehead atoms. The van der Waals surface area contributed by atoms with Gasteiger partial charge in [-0.15, -0.1) is 0 Å². The van der Waals surface area contributed by atoms with Crippen LogP contribution in [0.25, 0.3) is 16.9 Å². The molecular formula is C27H27N5O2. The Hall–Kier alpha value is -3.71. The fraction of sp³-hybridized carbons (Fsp3) is 0.296. The van der Waals surface area contributed by atoms with Crippen LogP contribution in [0.2, 0.25) is 0 Å². The number of hydrogen-bond acceptors (Lipinski definition) is 6. The number of morpholine rings is 1. The molecule has 6 rings (SSSR count). The minimum Gasteiger partial charge on any atom is -0.378 e. The highest BCUT2D eigenvalue weighted by Gasteiger charge is 2.37. The van der Waals surface area contributed by atoms with Gasteiger partial charge in [0.05, 0.1) is 18.9 Å². The number of nitrogens with zero attached hydrogens (tertiary/aromatic N) is 4. The number of nitrogens with one attached hydrogen (secondary N) is 1. The number of ether oxygens (including phenoxy) is 1. The highest BCUT2D eigenvalue weighted by Crippen LogP contribution is 2.37. The monoisotopic (exact) mass is 453 g/mol. The van der Waals surface area contributed by atoms with E-state index in [0.717, 1.165) is 60.0 Å². The third kappa shape index (κ3) is 3.53. The second kappa shape index (κ2) is 7.95. The molecule has 7 nitrogen and oxygen atoms in total. The van der Waals surface area contributed by atoms with Gasteiger partial charge in [-0.25, -0.2) is 9.97 Å². The molecule has 1 aliphatic carbocycles. The zero-order valence-corrected chi connectivity index (χ0v) is 19.4. The lowest BCUT2D eigenvalue weighted by molar-refractivity contribution is -0.121. The molecule has 3 heterocycles. The lowest BCUT2D eigenvalue weighted by Crippen LogP contribution is -2.36. The van der Waals surface area contributed by atoms with Gasteiger partial charge in [-0.1, -0.05) is 12.1 Å². The molecule has 4 aromatic rings. The van der Waals surface area contributed by atoms with E-state index in [1.54, 1.807) is 6.20 Å². The molecule has 1 fully saturated rings. The molecule has 1 aliphatic heterocycles. The molecule has 1 N–H and O–H groups in total. The van der Waals surface area contributed by atoms with E-state index in [4.69, 9.17) is 9.72 Å². The number of rotatable bonds is 4. The summed E-state index contributed by atoms with van der Waals surface area (Å²) in [6.45, 7) is 7.36. The second-order valence-corrected chi connectivity index (χ2v) is 9.50. The van der Waals surface area contributed by atoms with Gasteiger partial charge in [0.15, 0.2) is 11.5 Å². The van der Waals surface area contributed by atoms with Gasteiger partial charge < -0.3 is 19.4 Å². The Labute approximate surface area is 198 Å². The van der Waals surface area contributed by atoms with Crippen LogP contribution in [0.1, 0.15) is 25.0 Å². The third-order valence-corrected chi connectivity index (χ3v) is 7.00. The Morgan fingerprint density at radius 3 is 2.65 bits per heavy atom. The molecule has 172 valence electrons. The standard InChI is InChI=1S/C27H27N5O2/c1-27(2)22-8-3-18(15-19(22)16-24(27)33)23-17-32-10-9-28-26(32)25(30-23)29-20-4-6-21(7-5-20)31-11-13-34-14-12-31/h3-10,15,17H,11-14,16H2,1-2H3,(H,29,30). The maximum Gasteiger partial charge on any atom is 0.180 e. The van der Waals surface area contributed by atoms with Gasteiger partial charge in [0.1, 0.15) is 5.78 Å². The van der Waals surface area contributed by atoms with E-state index < -0.39 is 5.41 Å². The summed E-state index contributed by atoms with van der Waals surface area (Å²) in [5.41, 5.74) is 6.51. The van der Waals surface area contributed by atoms with E-state index in [0.29, 0.717) is 12.2 Å². The first kappa shape index (κ1) is 20.9. The molecule has 2 aromatic carbocycles. The van der Waals surface area contributed by atoms with Gasteiger partial charge in [-0.3, -0.25) is 4.79 Å². The summed E-state index contributed by atoms with van der Waals surface area (Å²) >= 11 is 0. The van der Waals surface area contributed by atoms with Crippen LogP contribution in [0.4, 0.5) is 17.2 Å². The van der Waals surface area contributed by atoms with Crippen LogP contribution in [-0.2, 0) is 21.4 Å². The highest BCUT2D eigenvalue weighted by molar-refractivity contribution is 5.96. The molecule has 0 radical (unpaired) electrons. The Kier molecular flexibility index (Phi) is 4.88. The van der Waals surface area contributed by atoms with E-state index in [-0.39, 0.29) is 5.78 Å². The lowest BCUT2D eigenvalue weighted by Gasteiger charge is -2.28. The van der Waals surface area contributed by atoms with Gasteiger partial charge in [0.2, 0.25) is 0 Å². The molecule has 1 saturated heterocycles. The van der Waals surface area contributed by atoms with Gasteiger partial charge in [0.25, 0.3) is 0 Å². The van der Waals surface area contributed by atoms with Crippen molar-refractivity contribution in [3.05, 3.63) is 72.2 Å². The number of hydrogen-bond donors (Lipinski definition) is 1. The molecule has 0 amide bonds. The molecule has 0 unspecified atom stereocenters. The molecule has 2 aromatic heterocycles. The van der Waals surface area contributed by atoms with Gasteiger partial charge in [0, 0.05) is 60.5 Å². The van der Waals surface area contributed by atoms with Crippen LogP contribution in [0.3, 0.4) is 0 Å². The van der Waals surface area contributed by atoms with E-state index >= 15 is 0 Å². The van der Waals surface area contributed by atoms with Crippen molar-refractivity contribution < 1.29 is 9.53 Å². The Bertz CT molecular complexity index is 1380. The first-order chi connectivity index (χ1) is 16.5. The van der Waals surface area contributed by atoms with Gasteiger partial charge >= 0.3 is 0 Å². The van der Waals surface area contributed by atoms with Crippen molar-refractivity contribution >= 4 is 28.6 Å². The number of aromatic nitrogens is 3. The summed E-state index contributed by atoms with van der Waals surface area (Å²) in [5.74, 6) is 0.957. The largest absolute Gasteiger partial charge is 0.378 e. The normalized spacial score (nSPS) is 17.2. The van der Waals surface area contributed by atoms with Gasteiger partial charge in [-0.05, 0) is 55.3 Å². The van der Waals surface area contributed by atoms with Crippen LogP contribution in [-0.4, -0.2) is 46.5 Å². The molecule has 0 saturated carbocycles. The number of fused-ring (bicyclic) bond motifs is 2. The fourth-order valence-corrected chi connectivity index (χ4v) is 4.92. The number of benzene rings is 2. The van der Waals surface area contributed by atoms with Crippen LogP contribution in [0, 0.1) is 0 Å². The van der Waals surface area contributed by atoms with Crippen molar-refractivity contribution in [2.75, 3.05) is 36.5 Å². The first-order valence-corrected chi connectivity index (χ1v) is 11.7. The topological polar surface area (TPSA) is 71.8 Å². The number of carbonyl (C=O) groups excluding carboxylic acids is 1. The number of Topliss-reactive ketones (excluding diaryl/α,β-unsaturated/α-hetero) is 1. The Balaban J connectivity index is 1.32. The summed E-state index contributed by atoms with van der Waals surface area (Å²) < 4.78 is 7.44. The van der Waals surface area contributed by atoms with E-state index in [1.165, 1.54) is 5.69 Å². The molecule has 2 aliphatic rings. The average molecular weight is 454 g/mol. The third-order valence-electron chi connectivity index (χ3n) is 7.00. The highest BCUT2D eigenvalue weighted by atomic mass is 16.5. The first-order valence-electron chi connectivity index (χ1n) is 11.7. The fourth-order valence-electron chi connectivity index (χ4n) is 4.92. The Morgan fingerprint density at radius 2 is 1.85 bits per heavy atom. The summed E-state index contributed by atoms with van der Waals surface area (Å²) in [6.07, 6.45) is 6.16. The minimum atomic E-state index is -0.421. The van der Waals surface area contributed by atoms with Crippen molar-refractivity contribution in [1.29, 1.82) is 0 Å². The summed E-state index contributed by atoms with van der Waals surface area (Å²) in [4.78, 5) is 24.2. The zero-order valence-electron chi connectivity index (χ0n) is 19.4. The molecule has 0 spiro atoms. The van der Waals surface area contributed by atoms with Crippen LogP contribution in [0.15, 0.2) is 61.1 Å². The second-order valence-electron chi connectivity index (χ2n) is 9.50. The zero-order chi connectivity index (χ0) is 23.3. The van der Waals surface area contributed by atoms with Crippen molar-refractivity contribution in [3.8, 4) is 11.3 Å². The Morgan fingerprint density at radius 1 is 1.06 bits per heavy atom. The molecular weight excluding hydrogens is 426 g/mol. The maximum atomic E-state index is 12.5. The van der Waals surface area contributed by atoms with E-state index in [9.17, 15) is 4.79 Å². The smallest absolute Gasteiger partial charge is 0.180 e. The van der Waals surface area contributed by atoms with Crippen molar-refractivity contribution in [3.63, 3.8) is 0 Å². The number of carbonyl (C=O) groups is 1. The summed E-state index contributed by atoms with van der Waals surface area (Å²) in [7, 11) is 0. The van der Waals surface area contributed by atoms with E-state index in [1.807, 2.05) is 30.6 Å². The van der Waals surface area contributed by atoms with Crippen molar-refractivity contribution in [2.45, 2.75) is 25.7 Å². The molecule has 0 atom stereocenters. The maximum absolute atomic E-state index is 12.5. The predicted molar refractivity (Wildman–Crippen MR) is 133 cm³/mol. The van der Waals surface area contributed by atoms with Crippen LogP contribution < -0.4 is 10.2 Å². The predicted octanol–water partition coefficient (Wildman–Crippen LogP) is 4.38. The number of ketones is 1. The van der Waals surface area contributed by atoms with Crippen molar-refractivity contribution in [2.24, 2.45) is 0 Å². The van der Waals surface area contributed by atoms with Crippen LogP contribution >= 0.6 is 0 Å². The lowest BCUT2D eigenvalue weighted by atomic mass is 9.85. The molecule has 34 heavy (non-hydrogen) atoms. The van der Waals surface area contributed by atoms with E-state index in [2.05, 4.69) is 57.7 Å². The summed E-state index contributed by atoms with van der Waals surface area (Å²) in [5, 5.41) is 3.45. The SMILES string of the molecule is CC1(C)C(=O)Cc2cc(-c3cn4ccnc4c(Nc4ccc(N5CCOCC5)cc4)n3)ccc21. The number of imidazole rings is 1. The quantitative estimate of drug-likeness (QED) is 0.495. The summed E-state index contributed by atoms with van der Waals surface area (Å²) in [6, 6.07) is 14.6. The van der Waals surface area contributed by atoms with Gasteiger partial charge in [-0.2, -0.15) is 0 Å².